The third-order valence-corrected chi connectivity index (χ3v) is 1.70. The molecule has 0 aromatic heterocycles. The number of likely N-dealkylation sites (N-methyl/N-ethyl adjacent to an activating group) is 1. The van der Waals surface area contributed by atoms with Crippen LogP contribution >= 0.6 is 0 Å². The number of nitrogens with zero attached hydrogens (tertiary/aromatic N) is 1. The molecule has 0 spiro atoms. The molecule has 0 unspecified atom stereocenters. The van der Waals surface area contributed by atoms with E-state index in [0.717, 1.165) is 0 Å². The van der Waals surface area contributed by atoms with E-state index in [9.17, 15) is 13.6 Å². The number of rotatable bonds is 4. The summed E-state index contributed by atoms with van der Waals surface area (Å²) in [5, 5.41) is 0. The smallest absolute Gasteiger partial charge is 0.251 e. The van der Waals surface area contributed by atoms with Gasteiger partial charge < -0.3 is 0 Å². The van der Waals surface area contributed by atoms with E-state index < -0.39 is 11.8 Å². The van der Waals surface area contributed by atoms with Crippen molar-refractivity contribution in [1.82, 2.24) is 4.90 Å². The van der Waals surface area contributed by atoms with Gasteiger partial charge in [0.1, 0.15) is 0 Å². The molecule has 0 atom stereocenters. The highest BCUT2D eigenvalue weighted by Gasteiger charge is 2.22. The molecular formula is C9H17F2NO. The number of carbonyl (C=O) groups excluding carboxylic acids is 1. The third kappa shape index (κ3) is 5.69. The molecule has 0 aromatic carbocycles. The minimum Gasteiger partial charge on any atom is -0.298 e. The van der Waals surface area contributed by atoms with Gasteiger partial charge in [0.05, 0.1) is 13.1 Å². The number of Topliss-reactive ketones (excluding diaryl/α,β-unsaturated/α-hetero) is 1. The minimum absolute atomic E-state index is 0.0179. The van der Waals surface area contributed by atoms with Crippen LogP contribution in [0.1, 0.15) is 20.8 Å². The molecule has 4 heteroatoms. The Labute approximate surface area is 77.9 Å². The van der Waals surface area contributed by atoms with Crippen LogP contribution in [0.4, 0.5) is 8.78 Å². The summed E-state index contributed by atoms with van der Waals surface area (Å²) < 4.78 is 23.8. The lowest BCUT2D eigenvalue weighted by Crippen LogP contribution is -2.35. The summed E-state index contributed by atoms with van der Waals surface area (Å²) in [5.74, 6) is -0.0179. The van der Waals surface area contributed by atoms with E-state index in [0.29, 0.717) is 0 Å². The summed E-state index contributed by atoms with van der Waals surface area (Å²) in [6.07, 6.45) is -2.38. The Morgan fingerprint density at radius 1 is 1.38 bits per heavy atom. The van der Waals surface area contributed by atoms with Gasteiger partial charge in [0.25, 0.3) is 6.43 Å². The van der Waals surface area contributed by atoms with Gasteiger partial charge in [-0.2, -0.15) is 0 Å². The topological polar surface area (TPSA) is 20.3 Å². The van der Waals surface area contributed by atoms with Crippen molar-refractivity contribution in [2.45, 2.75) is 27.2 Å². The fourth-order valence-corrected chi connectivity index (χ4v) is 0.782. The normalized spacial score (nSPS) is 12.6. The summed E-state index contributed by atoms with van der Waals surface area (Å²) in [6, 6.07) is 0. The van der Waals surface area contributed by atoms with E-state index in [-0.39, 0.29) is 18.9 Å². The van der Waals surface area contributed by atoms with Crippen molar-refractivity contribution in [3.8, 4) is 0 Å². The standard InChI is InChI=1S/C9H17F2NO/c1-9(2,3)7(13)5-12(4)6-8(10)11/h8H,5-6H2,1-4H3. The molecule has 0 N–H and O–H groups in total. The van der Waals surface area contributed by atoms with E-state index in [1.54, 1.807) is 20.8 Å². The largest absolute Gasteiger partial charge is 0.298 e. The second-order valence-electron chi connectivity index (χ2n) is 4.26. The van der Waals surface area contributed by atoms with Crippen molar-refractivity contribution in [2.24, 2.45) is 5.41 Å². The molecule has 2 nitrogen and oxygen atoms in total. The zero-order valence-electron chi connectivity index (χ0n) is 8.60. The number of carbonyl (C=O) groups is 1. The van der Waals surface area contributed by atoms with Crippen LogP contribution in [0, 0.1) is 5.41 Å². The molecule has 0 fully saturated rings. The highest BCUT2D eigenvalue weighted by molar-refractivity contribution is 5.85. The van der Waals surface area contributed by atoms with Gasteiger partial charge in [-0.3, -0.25) is 9.69 Å². The summed E-state index contributed by atoms with van der Waals surface area (Å²) >= 11 is 0. The van der Waals surface area contributed by atoms with Crippen LogP contribution < -0.4 is 0 Å². The Morgan fingerprint density at radius 3 is 2.15 bits per heavy atom. The maximum absolute atomic E-state index is 11.9. The molecule has 78 valence electrons. The average Bonchev–Trinajstić information content (AvgIpc) is 1.82. The van der Waals surface area contributed by atoms with Crippen LogP contribution in [0.5, 0.6) is 0 Å². The van der Waals surface area contributed by atoms with E-state index in [1.807, 2.05) is 0 Å². The first-order chi connectivity index (χ1) is 5.73. The summed E-state index contributed by atoms with van der Waals surface area (Å²) in [4.78, 5) is 12.7. The van der Waals surface area contributed by atoms with Gasteiger partial charge in [0.2, 0.25) is 0 Å². The van der Waals surface area contributed by atoms with E-state index in [2.05, 4.69) is 0 Å². The summed E-state index contributed by atoms with van der Waals surface area (Å²) in [7, 11) is 1.52. The highest BCUT2D eigenvalue weighted by Crippen LogP contribution is 2.14. The predicted molar refractivity (Wildman–Crippen MR) is 48.0 cm³/mol. The maximum Gasteiger partial charge on any atom is 0.251 e. The molecule has 0 bridgehead atoms. The SMILES string of the molecule is CN(CC(=O)C(C)(C)C)CC(F)F. The van der Waals surface area contributed by atoms with E-state index in [4.69, 9.17) is 0 Å². The van der Waals surface area contributed by atoms with Crippen molar-refractivity contribution in [3.05, 3.63) is 0 Å². The summed E-state index contributed by atoms with van der Waals surface area (Å²) in [6.45, 7) is 5.10. The van der Waals surface area contributed by atoms with Crippen LogP contribution in [0.3, 0.4) is 0 Å². The number of halogens is 2. The van der Waals surface area contributed by atoms with E-state index in [1.165, 1.54) is 11.9 Å². The molecule has 0 aromatic rings. The third-order valence-electron chi connectivity index (χ3n) is 1.70. The zero-order chi connectivity index (χ0) is 10.6. The fourth-order valence-electron chi connectivity index (χ4n) is 0.782. The average molecular weight is 193 g/mol. The highest BCUT2D eigenvalue weighted by atomic mass is 19.3. The Morgan fingerprint density at radius 2 is 1.85 bits per heavy atom. The van der Waals surface area contributed by atoms with Gasteiger partial charge in [0.15, 0.2) is 5.78 Å². The second-order valence-corrected chi connectivity index (χ2v) is 4.26. The van der Waals surface area contributed by atoms with Crippen molar-refractivity contribution in [1.29, 1.82) is 0 Å². The fraction of sp³-hybridized carbons (Fsp3) is 0.889. The Kier molecular flexibility index (Phi) is 4.47. The quantitative estimate of drug-likeness (QED) is 0.678. The molecule has 0 saturated heterocycles. The predicted octanol–water partition coefficient (Wildman–Crippen LogP) is 1.80. The lowest BCUT2D eigenvalue weighted by Gasteiger charge is -2.21. The van der Waals surface area contributed by atoms with Gasteiger partial charge >= 0.3 is 0 Å². The Balaban J connectivity index is 3.93. The molecular weight excluding hydrogens is 176 g/mol. The van der Waals surface area contributed by atoms with Gasteiger partial charge in [0, 0.05) is 5.41 Å². The number of hydrogen-bond acceptors (Lipinski definition) is 2. The Bertz CT molecular complexity index is 175. The molecule has 0 rings (SSSR count). The first kappa shape index (κ1) is 12.5. The zero-order valence-corrected chi connectivity index (χ0v) is 8.60. The maximum atomic E-state index is 11.9. The van der Waals surface area contributed by atoms with Gasteiger partial charge in [-0.1, -0.05) is 20.8 Å². The molecule has 0 radical (unpaired) electrons. The van der Waals surface area contributed by atoms with Gasteiger partial charge in [-0.15, -0.1) is 0 Å². The molecule has 0 heterocycles. The lowest BCUT2D eigenvalue weighted by atomic mass is 9.90. The van der Waals surface area contributed by atoms with Gasteiger partial charge in [-0.05, 0) is 7.05 Å². The van der Waals surface area contributed by atoms with Crippen molar-refractivity contribution in [3.63, 3.8) is 0 Å². The minimum atomic E-state index is -2.38. The molecule has 0 amide bonds. The number of hydrogen-bond donors (Lipinski definition) is 0. The molecule has 0 aliphatic carbocycles. The monoisotopic (exact) mass is 193 g/mol. The van der Waals surface area contributed by atoms with Crippen LogP contribution in [0.15, 0.2) is 0 Å². The lowest BCUT2D eigenvalue weighted by molar-refractivity contribution is -0.127. The van der Waals surface area contributed by atoms with Crippen LogP contribution in [0.25, 0.3) is 0 Å². The molecule has 0 aliphatic heterocycles. The molecule has 0 saturated carbocycles. The number of ketones is 1. The van der Waals surface area contributed by atoms with Crippen LogP contribution in [-0.4, -0.2) is 37.2 Å². The van der Waals surface area contributed by atoms with Crippen LogP contribution in [0.2, 0.25) is 0 Å². The second kappa shape index (κ2) is 4.65. The summed E-state index contributed by atoms with van der Waals surface area (Å²) in [5.41, 5.74) is -0.448. The van der Waals surface area contributed by atoms with E-state index >= 15 is 0 Å². The first-order valence-corrected chi connectivity index (χ1v) is 4.23. The Hall–Kier alpha value is -0.510. The molecule has 13 heavy (non-hydrogen) atoms. The van der Waals surface area contributed by atoms with Crippen molar-refractivity contribution >= 4 is 5.78 Å². The first-order valence-electron chi connectivity index (χ1n) is 4.23. The van der Waals surface area contributed by atoms with Crippen molar-refractivity contribution < 1.29 is 13.6 Å². The molecule has 0 aliphatic rings. The number of alkyl halides is 2. The van der Waals surface area contributed by atoms with Crippen LogP contribution in [-0.2, 0) is 4.79 Å². The van der Waals surface area contributed by atoms with Crippen molar-refractivity contribution in [2.75, 3.05) is 20.1 Å². The van der Waals surface area contributed by atoms with Gasteiger partial charge in [-0.25, -0.2) is 8.78 Å².